The van der Waals surface area contributed by atoms with Crippen LogP contribution in [0.5, 0.6) is 0 Å². The summed E-state index contributed by atoms with van der Waals surface area (Å²) in [4.78, 5) is 38.8. The van der Waals surface area contributed by atoms with E-state index < -0.39 is 0 Å². The molecule has 182 valence electrons. The molecule has 2 saturated heterocycles. The number of nitrogen functional groups attached to an aromatic ring is 1. The molecule has 0 aliphatic carbocycles. The monoisotopic (exact) mass is 472 g/mol. The van der Waals surface area contributed by atoms with Gasteiger partial charge in [-0.05, 0) is 49.4 Å². The molecule has 35 heavy (non-hydrogen) atoms. The summed E-state index contributed by atoms with van der Waals surface area (Å²) in [6.07, 6.45) is 7.11. The van der Waals surface area contributed by atoms with E-state index in [0.717, 1.165) is 54.7 Å². The summed E-state index contributed by atoms with van der Waals surface area (Å²) in [6.45, 7) is 4.55. The number of nitrogens with two attached hydrogens (primary N) is 2. The van der Waals surface area contributed by atoms with Gasteiger partial charge in [0, 0.05) is 73.2 Å². The van der Waals surface area contributed by atoms with Gasteiger partial charge in [0.15, 0.2) is 5.78 Å². The molecular formula is C27H32N6O2. The Kier molecular flexibility index (Phi) is 6.38. The summed E-state index contributed by atoms with van der Waals surface area (Å²) in [5, 5.41) is 0.839. The molecule has 1 amide bonds. The Labute approximate surface area is 205 Å². The quantitative estimate of drug-likeness (QED) is 0.547. The van der Waals surface area contributed by atoms with Gasteiger partial charge in [-0.15, -0.1) is 0 Å². The highest BCUT2D eigenvalue weighted by molar-refractivity contribution is 6.04. The van der Waals surface area contributed by atoms with Crippen molar-refractivity contribution in [2.75, 3.05) is 35.2 Å². The van der Waals surface area contributed by atoms with Gasteiger partial charge < -0.3 is 21.3 Å². The van der Waals surface area contributed by atoms with Crippen molar-refractivity contribution in [2.24, 2.45) is 11.7 Å². The van der Waals surface area contributed by atoms with E-state index in [-0.39, 0.29) is 29.8 Å². The molecule has 1 aromatic carbocycles. The zero-order valence-electron chi connectivity index (χ0n) is 20.1. The van der Waals surface area contributed by atoms with Gasteiger partial charge in [-0.1, -0.05) is 13.0 Å². The van der Waals surface area contributed by atoms with Crippen molar-refractivity contribution in [1.82, 2.24) is 9.97 Å². The van der Waals surface area contributed by atoms with Gasteiger partial charge in [0.2, 0.25) is 5.91 Å². The predicted molar refractivity (Wildman–Crippen MR) is 139 cm³/mol. The molecule has 2 fully saturated rings. The number of fused-ring (bicyclic) bond motifs is 1. The van der Waals surface area contributed by atoms with Crippen LogP contribution in [0, 0.1) is 5.92 Å². The van der Waals surface area contributed by atoms with Gasteiger partial charge in [-0.25, -0.2) is 4.98 Å². The fourth-order valence-electron chi connectivity index (χ4n) is 5.36. The van der Waals surface area contributed by atoms with Crippen LogP contribution in [0.2, 0.25) is 0 Å². The van der Waals surface area contributed by atoms with Gasteiger partial charge in [0.1, 0.15) is 5.69 Å². The second kappa shape index (κ2) is 9.62. The van der Waals surface area contributed by atoms with E-state index in [1.54, 1.807) is 23.4 Å². The summed E-state index contributed by atoms with van der Waals surface area (Å²) < 4.78 is 0. The Morgan fingerprint density at radius 3 is 2.83 bits per heavy atom. The largest absolute Gasteiger partial charge is 0.397 e. The molecule has 0 spiro atoms. The van der Waals surface area contributed by atoms with Gasteiger partial charge in [-0.3, -0.25) is 14.6 Å². The molecule has 2 aliphatic rings. The molecule has 0 bridgehead atoms. The maximum absolute atomic E-state index is 13.4. The Balaban J connectivity index is 1.43. The molecule has 5 rings (SSSR count). The van der Waals surface area contributed by atoms with E-state index in [0.29, 0.717) is 30.1 Å². The van der Waals surface area contributed by atoms with E-state index in [4.69, 9.17) is 11.5 Å². The maximum atomic E-state index is 13.4. The van der Waals surface area contributed by atoms with Crippen LogP contribution in [-0.2, 0) is 11.2 Å². The van der Waals surface area contributed by atoms with E-state index in [1.807, 2.05) is 24.3 Å². The van der Waals surface area contributed by atoms with Crippen LogP contribution in [0.4, 0.5) is 17.1 Å². The Morgan fingerprint density at radius 1 is 1.17 bits per heavy atom. The number of Topliss-reactive ketones (excluding diaryl/α,β-unsaturated/α-hetero) is 1. The maximum Gasteiger partial charge on any atom is 0.226 e. The van der Waals surface area contributed by atoms with E-state index in [1.165, 1.54) is 0 Å². The number of nitrogens with zero attached hydrogens (tertiary/aromatic N) is 4. The molecule has 8 heteroatoms. The van der Waals surface area contributed by atoms with Gasteiger partial charge in [0.05, 0.1) is 11.2 Å². The first-order valence-corrected chi connectivity index (χ1v) is 12.4. The first-order valence-electron chi connectivity index (χ1n) is 12.4. The molecule has 8 nitrogen and oxygen atoms in total. The predicted octanol–water partition coefficient (Wildman–Crippen LogP) is 3.33. The third-order valence-electron chi connectivity index (χ3n) is 6.99. The molecular weight excluding hydrogens is 440 g/mol. The highest BCUT2D eigenvalue weighted by Crippen LogP contribution is 2.29. The van der Waals surface area contributed by atoms with Crippen LogP contribution in [0.15, 0.2) is 42.7 Å². The third-order valence-corrected chi connectivity index (χ3v) is 6.99. The van der Waals surface area contributed by atoms with Crippen LogP contribution in [-0.4, -0.2) is 47.3 Å². The summed E-state index contributed by atoms with van der Waals surface area (Å²) in [5.41, 5.74) is 16.4. The fourth-order valence-corrected chi connectivity index (χ4v) is 5.36. The number of anilines is 3. The summed E-state index contributed by atoms with van der Waals surface area (Å²) >= 11 is 0. The number of ketones is 1. The van der Waals surface area contributed by atoms with Crippen LogP contribution in [0.25, 0.3) is 10.9 Å². The average molecular weight is 473 g/mol. The topological polar surface area (TPSA) is 118 Å². The van der Waals surface area contributed by atoms with Crippen molar-refractivity contribution in [3.8, 4) is 0 Å². The summed E-state index contributed by atoms with van der Waals surface area (Å²) in [7, 11) is 0. The smallest absolute Gasteiger partial charge is 0.226 e. The molecule has 2 atom stereocenters. The Hall–Kier alpha value is -3.52. The molecule has 2 aromatic heterocycles. The fraction of sp³-hybridized carbons (Fsp3) is 0.407. The van der Waals surface area contributed by atoms with Crippen molar-refractivity contribution < 1.29 is 9.59 Å². The van der Waals surface area contributed by atoms with Crippen molar-refractivity contribution in [1.29, 1.82) is 0 Å². The normalized spacial score (nSPS) is 20.9. The third kappa shape index (κ3) is 4.84. The van der Waals surface area contributed by atoms with Gasteiger partial charge >= 0.3 is 0 Å². The minimum Gasteiger partial charge on any atom is -0.397 e. The van der Waals surface area contributed by atoms with Crippen LogP contribution in [0.1, 0.15) is 48.7 Å². The SMILES string of the molecule is C[C@@H]1C[C@H](N)CN(c2ccncc2CC(=O)c2nc3cc(N4CCCCC4=O)ccc3cc2N)C1. The van der Waals surface area contributed by atoms with E-state index in [2.05, 4.69) is 21.8 Å². The van der Waals surface area contributed by atoms with Gasteiger partial charge in [0.25, 0.3) is 0 Å². The van der Waals surface area contributed by atoms with E-state index in [9.17, 15) is 9.59 Å². The summed E-state index contributed by atoms with van der Waals surface area (Å²) in [6, 6.07) is 9.54. The molecule has 0 saturated carbocycles. The first kappa shape index (κ1) is 23.2. The number of rotatable bonds is 5. The van der Waals surface area contributed by atoms with Gasteiger partial charge in [-0.2, -0.15) is 0 Å². The van der Waals surface area contributed by atoms with Crippen molar-refractivity contribution >= 4 is 39.7 Å². The highest BCUT2D eigenvalue weighted by Gasteiger charge is 2.25. The molecule has 0 radical (unpaired) electrons. The van der Waals surface area contributed by atoms with Crippen LogP contribution >= 0.6 is 0 Å². The average Bonchev–Trinajstić information content (AvgIpc) is 2.83. The molecule has 2 aliphatic heterocycles. The zero-order chi connectivity index (χ0) is 24.5. The minimum atomic E-state index is -0.160. The number of amides is 1. The number of pyridine rings is 2. The second-order valence-electron chi connectivity index (χ2n) is 9.92. The number of carbonyl (C=O) groups excluding carboxylic acids is 2. The lowest BCUT2D eigenvalue weighted by atomic mass is 9.95. The van der Waals surface area contributed by atoms with Crippen LogP contribution < -0.4 is 21.3 Å². The number of hydrogen-bond donors (Lipinski definition) is 2. The second-order valence-corrected chi connectivity index (χ2v) is 9.92. The van der Waals surface area contributed by atoms with Crippen molar-refractivity contribution in [3.05, 3.63) is 54.0 Å². The number of benzene rings is 1. The number of hydrogen-bond acceptors (Lipinski definition) is 7. The Morgan fingerprint density at radius 2 is 2.03 bits per heavy atom. The van der Waals surface area contributed by atoms with Crippen LogP contribution in [0.3, 0.4) is 0 Å². The minimum absolute atomic E-state index is 0.106. The molecule has 4 heterocycles. The molecule has 3 aromatic rings. The number of aromatic nitrogens is 2. The zero-order valence-corrected chi connectivity index (χ0v) is 20.1. The molecule has 0 unspecified atom stereocenters. The lowest BCUT2D eigenvalue weighted by molar-refractivity contribution is -0.119. The lowest BCUT2D eigenvalue weighted by Crippen LogP contribution is -2.46. The Bertz CT molecular complexity index is 1270. The lowest BCUT2D eigenvalue weighted by Gasteiger charge is -2.37. The van der Waals surface area contributed by atoms with Crippen molar-refractivity contribution in [2.45, 2.75) is 45.1 Å². The first-order chi connectivity index (χ1) is 16.9. The summed E-state index contributed by atoms with van der Waals surface area (Å²) in [5.74, 6) is 0.444. The number of carbonyl (C=O) groups is 2. The molecule has 4 N–H and O–H groups in total. The van der Waals surface area contributed by atoms with E-state index >= 15 is 0 Å². The van der Waals surface area contributed by atoms with Crippen molar-refractivity contribution in [3.63, 3.8) is 0 Å². The number of piperidine rings is 2. The standard InChI is InChI=1S/C27H32N6O2/c1-17-10-20(28)16-32(15-17)24-7-8-30-14-19(24)12-25(34)27-22(29)11-18-5-6-21(13-23(18)31-27)33-9-3-2-4-26(33)35/h5-8,11,13-14,17,20H,2-4,9-10,12,15-16,28-29H2,1H3/t17-,20+/m1/s1. The highest BCUT2D eigenvalue weighted by atomic mass is 16.2.